The molecule has 1 aliphatic rings. The van der Waals surface area contributed by atoms with E-state index in [9.17, 15) is 14.5 Å². The van der Waals surface area contributed by atoms with Crippen LogP contribution in [0.4, 0.5) is 15.8 Å². The number of likely N-dealkylation sites (tertiary alicyclic amines) is 1. The molecule has 0 radical (unpaired) electrons. The second-order valence-corrected chi connectivity index (χ2v) is 5.82. The molecular formula is C13H17BrFN3O2. The number of halogens is 2. The molecule has 1 aromatic carbocycles. The van der Waals surface area contributed by atoms with Crippen LogP contribution in [0.1, 0.15) is 13.3 Å². The van der Waals surface area contributed by atoms with E-state index < -0.39 is 10.7 Å². The molecule has 0 bridgehead atoms. The largest absolute Gasteiger partial charge is 0.379 e. The maximum absolute atomic E-state index is 13.4. The Balaban J connectivity index is 2.05. The number of anilines is 1. The Kier molecular flexibility index (Phi) is 4.93. The Morgan fingerprint density at radius 2 is 2.35 bits per heavy atom. The van der Waals surface area contributed by atoms with E-state index in [0.717, 1.165) is 32.1 Å². The lowest BCUT2D eigenvalue weighted by Crippen LogP contribution is -2.22. The van der Waals surface area contributed by atoms with Gasteiger partial charge in [0.05, 0.1) is 15.5 Å². The maximum Gasteiger partial charge on any atom is 0.295 e. The first-order valence-corrected chi connectivity index (χ1v) is 7.40. The summed E-state index contributed by atoms with van der Waals surface area (Å²) in [5.41, 5.74) is 0.134. The molecule has 1 aromatic rings. The van der Waals surface area contributed by atoms with Crippen LogP contribution in [0.3, 0.4) is 0 Å². The molecule has 0 spiro atoms. The van der Waals surface area contributed by atoms with Crippen molar-refractivity contribution < 1.29 is 9.31 Å². The van der Waals surface area contributed by atoms with Gasteiger partial charge in [0, 0.05) is 13.1 Å². The number of rotatable bonds is 5. The second kappa shape index (κ2) is 6.49. The van der Waals surface area contributed by atoms with E-state index in [-0.39, 0.29) is 10.2 Å². The van der Waals surface area contributed by atoms with Crippen LogP contribution in [0, 0.1) is 21.8 Å². The monoisotopic (exact) mass is 345 g/mol. The lowest BCUT2D eigenvalue weighted by molar-refractivity contribution is -0.384. The molecule has 1 aliphatic heterocycles. The first-order chi connectivity index (χ1) is 9.51. The number of nitro groups is 1. The van der Waals surface area contributed by atoms with Crippen molar-refractivity contribution in [1.82, 2.24) is 4.90 Å². The summed E-state index contributed by atoms with van der Waals surface area (Å²) in [5.74, 6) is -0.154. The van der Waals surface area contributed by atoms with Crippen LogP contribution >= 0.6 is 15.9 Å². The number of hydrogen-bond donors (Lipinski definition) is 1. The van der Waals surface area contributed by atoms with Crippen LogP contribution < -0.4 is 5.32 Å². The number of nitro benzene ring substituents is 1. The molecule has 1 N–H and O–H groups in total. The van der Waals surface area contributed by atoms with Crippen LogP contribution in [0.5, 0.6) is 0 Å². The van der Waals surface area contributed by atoms with Gasteiger partial charge in [0.15, 0.2) is 0 Å². The van der Waals surface area contributed by atoms with E-state index in [1.54, 1.807) is 0 Å². The molecule has 0 aromatic heterocycles. The fourth-order valence-electron chi connectivity index (χ4n) is 2.45. The lowest BCUT2D eigenvalue weighted by Gasteiger charge is -2.14. The molecule has 110 valence electrons. The summed E-state index contributed by atoms with van der Waals surface area (Å²) in [6.45, 7) is 5.88. The van der Waals surface area contributed by atoms with Gasteiger partial charge < -0.3 is 10.2 Å². The van der Waals surface area contributed by atoms with Crippen molar-refractivity contribution in [3.05, 3.63) is 32.5 Å². The van der Waals surface area contributed by atoms with Gasteiger partial charge >= 0.3 is 0 Å². The first kappa shape index (κ1) is 15.2. The van der Waals surface area contributed by atoms with Crippen molar-refractivity contribution in [2.45, 2.75) is 13.3 Å². The lowest BCUT2D eigenvalue weighted by atomic mass is 10.1. The predicted octanol–water partition coefficient (Wildman–Crippen LogP) is 3.25. The average Bonchev–Trinajstić information content (AvgIpc) is 2.87. The zero-order chi connectivity index (χ0) is 14.7. The number of nitrogens with one attached hydrogen (secondary N) is 1. The third kappa shape index (κ3) is 3.46. The quantitative estimate of drug-likeness (QED) is 0.657. The molecule has 0 saturated carbocycles. The maximum atomic E-state index is 13.4. The minimum atomic E-state index is -0.625. The van der Waals surface area contributed by atoms with Gasteiger partial charge in [-0.2, -0.15) is 0 Å². The van der Waals surface area contributed by atoms with Crippen LogP contribution in [0.2, 0.25) is 0 Å². The van der Waals surface area contributed by atoms with Crippen molar-refractivity contribution in [2.75, 3.05) is 31.5 Å². The summed E-state index contributed by atoms with van der Waals surface area (Å²) in [6.07, 6.45) is 1.08. The van der Waals surface area contributed by atoms with Gasteiger partial charge in [0.1, 0.15) is 11.5 Å². The molecule has 0 aliphatic carbocycles. The molecule has 7 heteroatoms. The van der Waals surface area contributed by atoms with Gasteiger partial charge in [-0.25, -0.2) is 4.39 Å². The Labute approximate surface area is 125 Å². The molecular weight excluding hydrogens is 329 g/mol. The molecule has 2 rings (SSSR count). The van der Waals surface area contributed by atoms with Crippen LogP contribution in [0.15, 0.2) is 16.6 Å². The normalized spacial score (nSPS) is 19.2. The van der Waals surface area contributed by atoms with Crippen molar-refractivity contribution in [3.63, 3.8) is 0 Å². The Morgan fingerprint density at radius 3 is 2.95 bits per heavy atom. The third-order valence-corrected chi connectivity index (χ3v) is 4.24. The van der Waals surface area contributed by atoms with Crippen molar-refractivity contribution in [2.24, 2.45) is 5.92 Å². The molecule has 1 saturated heterocycles. The first-order valence-electron chi connectivity index (χ1n) is 6.61. The van der Waals surface area contributed by atoms with Gasteiger partial charge in [0.2, 0.25) is 0 Å². The standard InChI is InChI=1S/C13H17BrFN3O2/c1-2-17-4-3-9(8-17)7-16-12-5-10(14)11(15)6-13(12)18(19)20/h5-6,9,16H,2-4,7-8H2,1H3. The number of hydrogen-bond acceptors (Lipinski definition) is 4. The molecule has 0 amide bonds. The topological polar surface area (TPSA) is 58.4 Å². The van der Waals surface area contributed by atoms with E-state index in [1.165, 1.54) is 6.07 Å². The summed E-state index contributed by atoms with van der Waals surface area (Å²) in [5, 5.41) is 14.0. The van der Waals surface area contributed by atoms with Gasteiger partial charge in [-0.05, 0) is 47.4 Å². The van der Waals surface area contributed by atoms with Gasteiger partial charge in [-0.15, -0.1) is 0 Å². The summed E-state index contributed by atoms with van der Waals surface area (Å²) >= 11 is 3.06. The predicted molar refractivity (Wildman–Crippen MR) is 79.5 cm³/mol. The van der Waals surface area contributed by atoms with Crippen molar-refractivity contribution in [3.8, 4) is 0 Å². The second-order valence-electron chi connectivity index (χ2n) is 4.97. The van der Waals surface area contributed by atoms with Crippen LogP contribution in [0.25, 0.3) is 0 Å². The molecule has 1 heterocycles. The Morgan fingerprint density at radius 1 is 1.60 bits per heavy atom. The molecule has 1 fully saturated rings. The Bertz CT molecular complexity index is 513. The fraction of sp³-hybridized carbons (Fsp3) is 0.538. The van der Waals surface area contributed by atoms with Crippen molar-refractivity contribution in [1.29, 1.82) is 0 Å². The number of benzene rings is 1. The highest BCUT2D eigenvalue weighted by Crippen LogP contribution is 2.31. The molecule has 5 nitrogen and oxygen atoms in total. The summed E-state index contributed by atoms with van der Waals surface area (Å²) < 4.78 is 13.6. The smallest absolute Gasteiger partial charge is 0.295 e. The minimum Gasteiger partial charge on any atom is -0.379 e. The zero-order valence-corrected chi connectivity index (χ0v) is 12.8. The minimum absolute atomic E-state index is 0.226. The highest BCUT2D eigenvalue weighted by atomic mass is 79.9. The van der Waals surface area contributed by atoms with Crippen LogP contribution in [-0.2, 0) is 0 Å². The van der Waals surface area contributed by atoms with E-state index in [0.29, 0.717) is 18.2 Å². The van der Waals surface area contributed by atoms with E-state index in [2.05, 4.69) is 33.1 Å². The summed E-state index contributed by atoms with van der Waals surface area (Å²) in [6, 6.07) is 2.37. The number of nitrogens with zero attached hydrogens (tertiary/aromatic N) is 2. The summed E-state index contributed by atoms with van der Waals surface area (Å²) in [7, 11) is 0. The molecule has 1 atom stereocenters. The fourth-order valence-corrected chi connectivity index (χ4v) is 2.79. The molecule has 20 heavy (non-hydrogen) atoms. The zero-order valence-electron chi connectivity index (χ0n) is 11.2. The van der Waals surface area contributed by atoms with Crippen molar-refractivity contribution >= 4 is 27.3 Å². The average molecular weight is 346 g/mol. The van der Waals surface area contributed by atoms with Crippen LogP contribution in [-0.4, -0.2) is 36.0 Å². The van der Waals surface area contributed by atoms with E-state index >= 15 is 0 Å². The summed E-state index contributed by atoms with van der Waals surface area (Å²) in [4.78, 5) is 12.7. The SMILES string of the molecule is CCN1CCC(CNc2cc(Br)c(F)cc2[N+](=O)[O-])C1. The third-order valence-electron chi connectivity index (χ3n) is 3.63. The van der Waals surface area contributed by atoms with Gasteiger partial charge in [-0.1, -0.05) is 6.92 Å². The Hall–Kier alpha value is -1.21. The van der Waals surface area contributed by atoms with Gasteiger partial charge in [-0.3, -0.25) is 10.1 Å². The van der Waals surface area contributed by atoms with E-state index in [4.69, 9.17) is 0 Å². The van der Waals surface area contributed by atoms with E-state index in [1.807, 2.05) is 0 Å². The highest BCUT2D eigenvalue weighted by molar-refractivity contribution is 9.10. The highest BCUT2D eigenvalue weighted by Gasteiger charge is 2.23. The molecule has 1 unspecified atom stereocenters. The van der Waals surface area contributed by atoms with Gasteiger partial charge in [0.25, 0.3) is 5.69 Å².